The maximum absolute atomic E-state index is 13.4. The number of piperidine rings is 1. The third kappa shape index (κ3) is 4.98. The van der Waals surface area contributed by atoms with E-state index in [2.05, 4.69) is 15.1 Å². The summed E-state index contributed by atoms with van der Waals surface area (Å²) in [6.07, 6.45) is 5.40. The molecule has 9 heteroatoms. The Bertz CT molecular complexity index is 842. The van der Waals surface area contributed by atoms with Crippen LogP contribution in [0.15, 0.2) is 18.2 Å². The Balaban J connectivity index is 1.45. The average Bonchev–Trinajstić information content (AvgIpc) is 3.62. The summed E-state index contributed by atoms with van der Waals surface area (Å²) in [4.78, 5) is 42.6. The van der Waals surface area contributed by atoms with Crippen molar-refractivity contribution in [2.24, 2.45) is 0 Å². The molecule has 0 bridgehead atoms. The number of hydrogen-bond donors (Lipinski definition) is 1. The highest BCUT2D eigenvalue weighted by atomic mass is 16.6. The van der Waals surface area contributed by atoms with Gasteiger partial charge < -0.3 is 15.1 Å². The maximum Gasteiger partial charge on any atom is 0.270 e. The lowest BCUT2D eigenvalue weighted by Gasteiger charge is -2.38. The molecule has 1 atom stereocenters. The molecule has 1 N–H and O–H groups in total. The number of nitrogens with one attached hydrogen (secondary N) is 1. The van der Waals surface area contributed by atoms with Crippen LogP contribution in [0.4, 0.5) is 11.4 Å². The van der Waals surface area contributed by atoms with E-state index in [0.717, 1.165) is 44.5 Å². The molecule has 1 unspecified atom stereocenters. The number of hydrogen-bond acceptors (Lipinski definition) is 6. The van der Waals surface area contributed by atoms with Crippen molar-refractivity contribution in [1.29, 1.82) is 0 Å². The molecule has 2 heterocycles. The number of amides is 2. The van der Waals surface area contributed by atoms with Crippen molar-refractivity contribution in [3.63, 3.8) is 0 Å². The first-order chi connectivity index (χ1) is 14.9. The van der Waals surface area contributed by atoms with Gasteiger partial charge in [0.05, 0.1) is 22.2 Å². The summed E-state index contributed by atoms with van der Waals surface area (Å²) < 4.78 is 0. The first-order valence-electron chi connectivity index (χ1n) is 11.3. The summed E-state index contributed by atoms with van der Waals surface area (Å²) in [5.41, 5.74) is 1.13. The molecule has 168 valence electrons. The summed E-state index contributed by atoms with van der Waals surface area (Å²) >= 11 is 0. The molecule has 3 fully saturated rings. The molecule has 2 amide bonds. The maximum atomic E-state index is 13.4. The second-order valence-corrected chi connectivity index (χ2v) is 8.79. The first-order valence-corrected chi connectivity index (χ1v) is 11.3. The zero-order valence-corrected chi connectivity index (χ0v) is 18.1. The van der Waals surface area contributed by atoms with Crippen LogP contribution in [0.3, 0.4) is 0 Å². The molecular formula is C22H31N5O4. The smallest absolute Gasteiger partial charge is 0.270 e. The molecule has 1 saturated carbocycles. The number of nitro groups is 1. The molecular weight excluding hydrogens is 398 g/mol. The minimum absolute atomic E-state index is 0.0494. The highest BCUT2D eigenvalue weighted by Gasteiger charge is 2.32. The van der Waals surface area contributed by atoms with E-state index >= 15 is 0 Å². The number of nitro benzene ring substituents is 1. The third-order valence-corrected chi connectivity index (χ3v) is 6.57. The van der Waals surface area contributed by atoms with Crippen molar-refractivity contribution >= 4 is 23.2 Å². The van der Waals surface area contributed by atoms with Crippen molar-refractivity contribution < 1.29 is 14.5 Å². The Labute approximate surface area is 182 Å². The van der Waals surface area contributed by atoms with Gasteiger partial charge in [-0.15, -0.1) is 0 Å². The highest BCUT2D eigenvalue weighted by Crippen LogP contribution is 2.29. The van der Waals surface area contributed by atoms with Gasteiger partial charge in [-0.1, -0.05) is 0 Å². The summed E-state index contributed by atoms with van der Waals surface area (Å²) in [7, 11) is 0. The summed E-state index contributed by atoms with van der Waals surface area (Å²) in [5, 5.41) is 14.4. The van der Waals surface area contributed by atoms with Crippen molar-refractivity contribution in [3.05, 3.63) is 33.9 Å². The first kappa shape index (κ1) is 21.5. The fourth-order valence-electron chi connectivity index (χ4n) is 4.42. The minimum atomic E-state index is -0.450. The minimum Gasteiger partial charge on any atom is -0.371 e. The molecule has 2 saturated heterocycles. The Morgan fingerprint density at radius 3 is 2.35 bits per heavy atom. The number of nitrogens with zero attached hydrogens (tertiary/aromatic N) is 4. The normalized spacial score (nSPS) is 20.9. The predicted octanol–water partition coefficient (Wildman–Crippen LogP) is 2.01. The molecule has 4 rings (SSSR count). The van der Waals surface area contributed by atoms with E-state index < -0.39 is 4.92 Å². The van der Waals surface area contributed by atoms with Gasteiger partial charge >= 0.3 is 0 Å². The number of non-ortho nitro benzene ring substituents is 1. The SMILES string of the molecule is CC(C(=O)NC1CC1)N1CCN(C(=O)c2cc([N+](=O)[O-])ccc2N2CCCCC2)CC1. The number of anilines is 1. The summed E-state index contributed by atoms with van der Waals surface area (Å²) in [6.45, 7) is 5.85. The summed E-state index contributed by atoms with van der Waals surface area (Å²) in [5.74, 6) is -0.118. The van der Waals surface area contributed by atoms with Crippen LogP contribution < -0.4 is 10.2 Å². The fourth-order valence-corrected chi connectivity index (χ4v) is 4.42. The average molecular weight is 430 g/mol. The Morgan fingerprint density at radius 2 is 1.74 bits per heavy atom. The van der Waals surface area contributed by atoms with Crippen molar-refractivity contribution in [3.8, 4) is 0 Å². The monoisotopic (exact) mass is 429 g/mol. The van der Waals surface area contributed by atoms with Gasteiger partial charge in [0, 0.05) is 57.4 Å². The molecule has 1 aliphatic carbocycles. The molecule has 9 nitrogen and oxygen atoms in total. The van der Waals surface area contributed by atoms with Crippen LogP contribution in [0.2, 0.25) is 0 Å². The number of carbonyl (C=O) groups is 2. The van der Waals surface area contributed by atoms with Gasteiger partial charge in [0.25, 0.3) is 11.6 Å². The van der Waals surface area contributed by atoms with Crippen LogP contribution >= 0.6 is 0 Å². The van der Waals surface area contributed by atoms with Crippen LogP contribution in [-0.2, 0) is 4.79 Å². The molecule has 2 aliphatic heterocycles. The van der Waals surface area contributed by atoms with Crippen molar-refractivity contribution in [1.82, 2.24) is 15.1 Å². The Morgan fingerprint density at radius 1 is 1.06 bits per heavy atom. The van der Waals surface area contributed by atoms with Crippen LogP contribution in [0.25, 0.3) is 0 Å². The Kier molecular flexibility index (Phi) is 6.41. The quantitative estimate of drug-likeness (QED) is 0.549. The van der Waals surface area contributed by atoms with E-state index in [1.807, 2.05) is 6.92 Å². The number of carbonyl (C=O) groups excluding carboxylic acids is 2. The topological polar surface area (TPSA) is 99.0 Å². The lowest BCUT2D eigenvalue weighted by Crippen LogP contribution is -2.55. The largest absolute Gasteiger partial charge is 0.371 e. The van der Waals surface area contributed by atoms with Gasteiger partial charge in [0.1, 0.15) is 0 Å². The van der Waals surface area contributed by atoms with Crippen molar-refractivity contribution in [2.45, 2.75) is 51.1 Å². The van der Waals surface area contributed by atoms with Gasteiger partial charge in [0.2, 0.25) is 5.91 Å². The Hall–Kier alpha value is -2.68. The van der Waals surface area contributed by atoms with Crippen molar-refractivity contribution in [2.75, 3.05) is 44.2 Å². The number of rotatable bonds is 6. The van der Waals surface area contributed by atoms with Gasteiger partial charge in [-0.05, 0) is 45.1 Å². The van der Waals surface area contributed by atoms with E-state index in [9.17, 15) is 19.7 Å². The van der Waals surface area contributed by atoms with E-state index in [1.54, 1.807) is 11.0 Å². The lowest BCUT2D eigenvalue weighted by atomic mass is 10.0. The predicted molar refractivity (Wildman–Crippen MR) is 117 cm³/mol. The van der Waals surface area contributed by atoms with E-state index in [0.29, 0.717) is 37.8 Å². The molecule has 0 spiro atoms. The summed E-state index contributed by atoms with van der Waals surface area (Å²) in [6, 6.07) is 4.74. The number of piperazine rings is 1. The van der Waals surface area contributed by atoms with Gasteiger partial charge in [-0.2, -0.15) is 0 Å². The third-order valence-electron chi connectivity index (χ3n) is 6.57. The molecule has 0 aromatic heterocycles. The van der Waals surface area contributed by atoms with Crippen LogP contribution in [-0.4, -0.2) is 77.9 Å². The second kappa shape index (κ2) is 9.21. The van der Waals surface area contributed by atoms with E-state index in [1.165, 1.54) is 18.6 Å². The molecule has 31 heavy (non-hydrogen) atoms. The number of benzene rings is 1. The standard InChI is InChI=1S/C22H31N5O4/c1-16(21(28)23-17-5-6-17)24-11-13-26(14-12-24)22(29)19-15-18(27(30)31)7-8-20(19)25-9-3-2-4-10-25/h7-8,15-17H,2-6,9-14H2,1H3,(H,23,28). The fraction of sp³-hybridized carbons (Fsp3) is 0.636. The van der Waals surface area contributed by atoms with Gasteiger partial charge in [-0.25, -0.2) is 0 Å². The van der Waals surface area contributed by atoms with Crippen LogP contribution in [0.5, 0.6) is 0 Å². The van der Waals surface area contributed by atoms with Crippen LogP contribution in [0, 0.1) is 10.1 Å². The second-order valence-electron chi connectivity index (χ2n) is 8.79. The lowest BCUT2D eigenvalue weighted by molar-refractivity contribution is -0.384. The van der Waals surface area contributed by atoms with Crippen LogP contribution in [0.1, 0.15) is 49.4 Å². The highest BCUT2D eigenvalue weighted by molar-refractivity contribution is 6.00. The molecule has 1 aromatic rings. The molecule has 0 radical (unpaired) electrons. The van der Waals surface area contributed by atoms with Gasteiger partial charge in [-0.3, -0.25) is 24.6 Å². The zero-order chi connectivity index (χ0) is 22.0. The van der Waals surface area contributed by atoms with E-state index in [-0.39, 0.29) is 23.5 Å². The molecule has 3 aliphatic rings. The zero-order valence-electron chi connectivity index (χ0n) is 18.1. The molecule has 1 aromatic carbocycles. The van der Waals surface area contributed by atoms with Gasteiger partial charge in [0.15, 0.2) is 0 Å². The van der Waals surface area contributed by atoms with E-state index in [4.69, 9.17) is 0 Å².